The summed E-state index contributed by atoms with van der Waals surface area (Å²) in [5.41, 5.74) is 5.45. The van der Waals surface area contributed by atoms with Crippen molar-refractivity contribution in [1.29, 1.82) is 0 Å². The first-order chi connectivity index (χ1) is 9.65. The van der Waals surface area contributed by atoms with Crippen LogP contribution >= 0.6 is 0 Å². The third-order valence-electron chi connectivity index (χ3n) is 3.34. The average Bonchev–Trinajstić information content (AvgIpc) is 2.47. The van der Waals surface area contributed by atoms with E-state index in [-0.39, 0.29) is 0 Å². The zero-order valence-electron chi connectivity index (χ0n) is 12.3. The summed E-state index contributed by atoms with van der Waals surface area (Å²) in [6, 6.07) is 6.08. The SMILES string of the molecule is Cc1ccc(C)c(OCC(O)CNN2CCOCC2)c1. The van der Waals surface area contributed by atoms with Gasteiger partial charge in [-0.05, 0) is 31.0 Å². The number of hydrogen-bond donors (Lipinski definition) is 2. The number of aliphatic hydroxyl groups excluding tert-OH is 1. The van der Waals surface area contributed by atoms with Gasteiger partial charge in [0, 0.05) is 19.6 Å². The van der Waals surface area contributed by atoms with Gasteiger partial charge in [-0.15, -0.1) is 0 Å². The van der Waals surface area contributed by atoms with Gasteiger partial charge < -0.3 is 14.6 Å². The van der Waals surface area contributed by atoms with E-state index in [9.17, 15) is 5.11 Å². The molecule has 0 aliphatic carbocycles. The fourth-order valence-electron chi connectivity index (χ4n) is 2.06. The van der Waals surface area contributed by atoms with E-state index in [1.165, 1.54) is 0 Å². The minimum Gasteiger partial charge on any atom is -0.491 e. The van der Waals surface area contributed by atoms with E-state index in [1.807, 2.05) is 26.0 Å². The van der Waals surface area contributed by atoms with Gasteiger partial charge in [-0.1, -0.05) is 12.1 Å². The van der Waals surface area contributed by atoms with Gasteiger partial charge in [0.1, 0.15) is 18.5 Å². The summed E-state index contributed by atoms with van der Waals surface area (Å²) in [7, 11) is 0. The zero-order chi connectivity index (χ0) is 14.4. The predicted molar refractivity (Wildman–Crippen MR) is 77.8 cm³/mol. The molecule has 0 amide bonds. The number of morpholine rings is 1. The average molecular weight is 280 g/mol. The highest BCUT2D eigenvalue weighted by Gasteiger charge is 2.12. The lowest BCUT2D eigenvalue weighted by Gasteiger charge is -2.28. The first kappa shape index (κ1) is 15.3. The van der Waals surface area contributed by atoms with E-state index in [2.05, 4.69) is 16.5 Å². The molecule has 112 valence electrons. The Morgan fingerprint density at radius 2 is 2.10 bits per heavy atom. The number of hydrazine groups is 1. The summed E-state index contributed by atoms with van der Waals surface area (Å²) in [5.74, 6) is 0.843. The van der Waals surface area contributed by atoms with Crippen LogP contribution in [0, 0.1) is 13.8 Å². The van der Waals surface area contributed by atoms with Gasteiger partial charge in [-0.25, -0.2) is 5.01 Å². The Morgan fingerprint density at radius 3 is 2.85 bits per heavy atom. The van der Waals surface area contributed by atoms with Gasteiger partial charge in [-0.3, -0.25) is 5.43 Å². The van der Waals surface area contributed by atoms with Gasteiger partial charge in [0.05, 0.1) is 13.2 Å². The van der Waals surface area contributed by atoms with Crippen molar-refractivity contribution in [2.24, 2.45) is 0 Å². The highest BCUT2D eigenvalue weighted by atomic mass is 16.5. The van der Waals surface area contributed by atoms with Gasteiger partial charge in [0.25, 0.3) is 0 Å². The molecule has 0 bridgehead atoms. The Balaban J connectivity index is 1.71. The Labute approximate surface area is 120 Å². The maximum atomic E-state index is 9.96. The van der Waals surface area contributed by atoms with Crippen LogP contribution in [0.5, 0.6) is 5.75 Å². The van der Waals surface area contributed by atoms with Crippen LogP contribution in [-0.4, -0.2) is 55.7 Å². The van der Waals surface area contributed by atoms with E-state index < -0.39 is 6.10 Å². The Hall–Kier alpha value is -1.14. The van der Waals surface area contributed by atoms with Crippen molar-refractivity contribution in [3.8, 4) is 5.75 Å². The van der Waals surface area contributed by atoms with Crippen LogP contribution in [0.15, 0.2) is 18.2 Å². The molecule has 0 aromatic heterocycles. The van der Waals surface area contributed by atoms with Crippen molar-refractivity contribution in [1.82, 2.24) is 10.4 Å². The van der Waals surface area contributed by atoms with Gasteiger partial charge in [-0.2, -0.15) is 0 Å². The van der Waals surface area contributed by atoms with Crippen molar-refractivity contribution in [2.45, 2.75) is 20.0 Å². The van der Waals surface area contributed by atoms with Gasteiger partial charge in [0.15, 0.2) is 0 Å². The highest BCUT2D eigenvalue weighted by molar-refractivity contribution is 5.35. The lowest BCUT2D eigenvalue weighted by molar-refractivity contribution is -0.000817. The van der Waals surface area contributed by atoms with E-state index in [1.54, 1.807) is 0 Å². The normalized spacial score (nSPS) is 17.9. The summed E-state index contributed by atoms with van der Waals surface area (Å²) in [5, 5.41) is 12.0. The van der Waals surface area contributed by atoms with Gasteiger partial charge in [0.2, 0.25) is 0 Å². The van der Waals surface area contributed by atoms with Gasteiger partial charge >= 0.3 is 0 Å². The lowest BCUT2D eigenvalue weighted by atomic mass is 10.1. The van der Waals surface area contributed by atoms with Crippen LogP contribution in [0.25, 0.3) is 0 Å². The standard InChI is InChI=1S/C15H24N2O3/c1-12-3-4-13(2)15(9-12)20-11-14(18)10-16-17-5-7-19-8-6-17/h3-4,9,14,16,18H,5-8,10-11H2,1-2H3. The predicted octanol–water partition coefficient (Wildman–Crippen LogP) is 0.880. The summed E-state index contributed by atoms with van der Waals surface area (Å²) in [6.07, 6.45) is -0.530. The monoisotopic (exact) mass is 280 g/mol. The molecule has 1 saturated heterocycles. The van der Waals surface area contributed by atoms with Crippen LogP contribution in [0.4, 0.5) is 0 Å². The molecule has 1 fully saturated rings. The lowest BCUT2D eigenvalue weighted by Crippen LogP contribution is -2.48. The molecule has 0 saturated carbocycles. The summed E-state index contributed by atoms with van der Waals surface area (Å²) < 4.78 is 11.0. The molecule has 5 nitrogen and oxygen atoms in total. The molecule has 2 N–H and O–H groups in total. The van der Waals surface area contributed by atoms with Crippen LogP contribution in [0.3, 0.4) is 0 Å². The minimum atomic E-state index is -0.530. The highest BCUT2D eigenvalue weighted by Crippen LogP contribution is 2.19. The fourth-order valence-corrected chi connectivity index (χ4v) is 2.06. The topological polar surface area (TPSA) is 54.0 Å². The Kier molecular flexibility index (Phi) is 5.79. The molecule has 0 radical (unpaired) electrons. The molecule has 1 aliphatic heterocycles. The molecule has 1 atom stereocenters. The molecule has 1 unspecified atom stereocenters. The third-order valence-corrected chi connectivity index (χ3v) is 3.34. The van der Waals surface area contributed by atoms with E-state index in [0.29, 0.717) is 13.2 Å². The zero-order valence-corrected chi connectivity index (χ0v) is 12.3. The minimum absolute atomic E-state index is 0.293. The molecule has 1 heterocycles. The number of hydrogen-bond acceptors (Lipinski definition) is 5. The first-order valence-corrected chi connectivity index (χ1v) is 7.09. The van der Waals surface area contributed by atoms with Crippen molar-refractivity contribution in [2.75, 3.05) is 39.5 Å². The first-order valence-electron chi connectivity index (χ1n) is 7.09. The maximum Gasteiger partial charge on any atom is 0.122 e. The van der Waals surface area contributed by atoms with Crippen LogP contribution in [0.2, 0.25) is 0 Å². The molecule has 2 rings (SSSR count). The van der Waals surface area contributed by atoms with E-state index in [4.69, 9.17) is 9.47 Å². The molecule has 1 aromatic carbocycles. The third kappa shape index (κ3) is 4.76. The smallest absolute Gasteiger partial charge is 0.122 e. The van der Waals surface area contributed by atoms with Crippen molar-refractivity contribution >= 4 is 0 Å². The molecular formula is C15H24N2O3. The fraction of sp³-hybridized carbons (Fsp3) is 0.600. The maximum absolute atomic E-state index is 9.96. The second-order valence-electron chi connectivity index (χ2n) is 5.20. The van der Waals surface area contributed by atoms with E-state index >= 15 is 0 Å². The van der Waals surface area contributed by atoms with E-state index in [0.717, 1.165) is 43.2 Å². The van der Waals surface area contributed by atoms with Crippen LogP contribution < -0.4 is 10.2 Å². The number of benzene rings is 1. The number of aryl methyl sites for hydroxylation is 2. The Morgan fingerprint density at radius 1 is 1.35 bits per heavy atom. The molecule has 20 heavy (non-hydrogen) atoms. The second-order valence-corrected chi connectivity index (χ2v) is 5.20. The molecular weight excluding hydrogens is 256 g/mol. The van der Waals surface area contributed by atoms with Crippen molar-refractivity contribution in [3.63, 3.8) is 0 Å². The molecule has 0 spiro atoms. The quantitative estimate of drug-likeness (QED) is 0.810. The van der Waals surface area contributed by atoms with Crippen LogP contribution in [0.1, 0.15) is 11.1 Å². The summed E-state index contributed by atoms with van der Waals surface area (Å²) in [4.78, 5) is 0. The molecule has 5 heteroatoms. The number of rotatable bonds is 6. The Bertz CT molecular complexity index is 420. The summed E-state index contributed by atoms with van der Waals surface area (Å²) in [6.45, 7) is 8.00. The molecule has 1 aromatic rings. The van der Waals surface area contributed by atoms with Crippen LogP contribution in [-0.2, 0) is 4.74 Å². The molecule has 1 aliphatic rings. The number of nitrogens with one attached hydrogen (secondary N) is 1. The number of nitrogens with zero attached hydrogens (tertiary/aromatic N) is 1. The van der Waals surface area contributed by atoms with Crippen molar-refractivity contribution in [3.05, 3.63) is 29.3 Å². The summed E-state index contributed by atoms with van der Waals surface area (Å²) >= 11 is 0. The number of aliphatic hydroxyl groups is 1. The largest absolute Gasteiger partial charge is 0.491 e. The number of ether oxygens (including phenoxy) is 2. The second kappa shape index (κ2) is 7.59. The van der Waals surface area contributed by atoms with Crippen molar-refractivity contribution < 1.29 is 14.6 Å².